The minimum Gasteiger partial charge on any atom is -0.342 e. The van der Waals surface area contributed by atoms with E-state index in [-0.39, 0.29) is 6.29 Å². The van der Waals surface area contributed by atoms with Crippen LogP contribution in [0.5, 0.6) is 0 Å². The van der Waals surface area contributed by atoms with Gasteiger partial charge in [-0.25, -0.2) is 9.98 Å². The van der Waals surface area contributed by atoms with Gasteiger partial charge in [0.15, 0.2) is 11.8 Å². The van der Waals surface area contributed by atoms with Gasteiger partial charge in [-0.05, 0) is 6.42 Å². The zero-order chi connectivity index (χ0) is 14.3. The number of imidazole rings is 1. The molecule has 0 spiro atoms. The Morgan fingerprint density at radius 1 is 1.35 bits per heavy atom. The third-order valence-electron chi connectivity index (χ3n) is 3.45. The summed E-state index contributed by atoms with van der Waals surface area (Å²) in [4.78, 5) is 11.1. The average molecular weight is 273 g/mol. The quantitative estimate of drug-likeness (QED) is 0.790. The summed E-state index contributed by atoms with van der Waals surface area (Å²) in [6, 6.07) is 0. The second kappa shape index (κ2) is 4.75. The zero-order valence-electron chi connectivity index (χ0n) is 12.0. The third kappa shape index (κ3) is 2.00. The summed E-state index contributed by atoms with van der Waals surface area (Å²) in [5.41, 5.74) is 7.72. The van der Waals surface area contributed by atoms with Gasteiger partial charge in [0.05, 0.1) is 11.8 Å². The molecule has 3 rings (SSSR count). The van der Waals surface area contributed by atoms with Gasteiger partial charge in [-0.2, -0.15) is 5.10 Å². The fourth-order valence-corrected chi connectivity index (χ4v) is 2.42. The Balaban J connectivity index is 2.14. The van der Waals surface area contributed by atoms with Gasteiger partial charge in [0.1, 0.15) is 11.2 Å². The van der Waals surface area contributed by atoms with Gasteiger partial charge in [0.2, 0.25) is 0 Å². The van der Waals surface area contributed by atoms with Crippen LogP contribution in [-0.4, -0.2) is 37.1 Å². The number of fused-ring (bicyclic) bond motifs is 1. The van der Waals surface area contributed by atoms with Crippen molar-refractivity contribution in [3.8, 4) is 11.4 Å². The van der Waals surface area contributed by atoms with E-state index in [1.165, 1.54) is 0 Å². The smallest absolute Gasteiger partial charge is 0.178 e. The Morgan fingerprint density at radius 2 is 2.15 bits per heavy atom. The van der Waals surface area contributed by atoms with Gasteiger partial charge < -0.3 is 9.47 Å². The van der Waals surface area contributed by atoms with Crippen LogP contribution in [0.3, 0.4) is 0 Å². The van der Waals surface area contributed by atoms with Crippen molar-refractivity contribution < 1.29 is 0 Å². The normalized spacial score (nSPS) is 17.6. The molecule has 1 unspecified atom stereocenters. The lowest BCUT2D eigenvalue weighted by atomic mass is 10.3. The molecule has 0 bridgehead atoms. The standard InChI is InChI=1S/C13H19N7/c1-4-5-20-8-10-11(17-13(20)14)16-12(19(10)3)9-6-15-18(2)7-9/h6-8,13H,4-5,14H2,1-3H3. The number of aryl methyl sites for hydroxylation is 1. The molecule has 20 heavy (non-hydrogen) atoms. The molecule has 0 saturated heterocycles. The Morgan fingerprint density at radius 3 is 2.80 bits per heavy atom. The molecule has 7 heteroatoms. The van der Waals surface area contributed by atoms with Crippen molar-refractivity contribution in [1.82, 2.24) is 24.2 Å². The van der Waals surface area contributed by atoms with Crippen LogP contribution < -0.4 is 16.6 Å². The van der Waals surface area contributed by atoms with Gasteiger partial charge in [-0.3, -0.25) is 10.4 Å². The van der Waals surface area contributed by atoms with Crippen molar-refractivity contribution in [3.05, 3.63) is 23.2 Å². The Hall–Kier alpha value is -2.15. The molecule has 2 aromatic rings. The molecule has 0 aromatic carbocycles. The first-order valence-electron chi connectivity index (χ1n) is 6.73. The number of hydrogen-bond acceptors (Lipinski definition) is 5. The first-order chi connectivity index (χ1) is 9.60. The summed E-state index contributed by atoms with van der Waals surface area (Å²) in [5, 5.41) is 5.17. The summed E-state index contributed by atoms with van der Waals surface area (Å²) in [7, 11) is 3.88. The van der Waals surface area contributed by atoms with Crippen molar-refractivity contribution in [1.29, 1.82) is 0 Å². The van der Waals surface area contributed by atoms with Gasteiger partial charge in [-0.1, -0.05) is 6.92 Å². The van der Waals surface area contributed by atoms with E-state index in [1.54, 1.807) is 10.9 Å². The Bertz CT molecular complexity index is 739. The van der Waals surface area contributed by atoms with Crippen LogP contribution in [0.4, 0.5) is 0 Å². The largest absolute Gasteiger partial charge is 0.342 e. The van der Waals surface area contributed by atoms with Crippen molar-refractivity contribution >= 4 is 6.20 Å². The van der Waals surface area contributed by atoms with Crippen LogP contribution in [0.1, 0.15) is 13.3 Å². The molecule has 0 amide bonds. The van der Waals surface area contributed by atoms with E-state index < -0.39 is 0 Å². The minimum atomic E-state index is -0.348. The molecular weight excluding hydrogens is 254 g/mol. The maximum absolute atomic E-state index is 6.04. The molecule has 2 aromatic heterocycles. The molecule has 0 radical (unpaired) electrons. The van der Waals surface area contributed by atoms with Gasteiger partial charge in [0, 0.05) is 33.0 Å². The lowest BCUT2D eigenvalue weighted by Crippen LogP contribution is -2.47. The van der Waals surface area contributed by atoms with E-state index >= 15 is 0 Å². The molecule has 1 atom stereocenters. The monoisotopic (exact) mass is 273 g/mol. The van der Waals surface area contributed by atoms with Gasteiger partial charge >= 0.3 is 0 Å². The lowest BCUT2D eigenvalue weighted by Gasteiger charge is -2.25. The van der Waals surface area contributed by atoms with E-state index in [4.69, 9.17) is 5.73 Å². The van der Waals surface area contributed by atoms with E-state index in [0.29, 0.717) is 5.49 Å². The van der Waals surface area contributed by atoms with E-state index in [0.717, 1.165) is 29.7 Å². The van der Waals surface area contributed by atoms with Crippen LogP contribution >= 0.6 is 0 Å². The second-order valence-corrected chi connectivity index (χ2v) is 5.02. The van der Waals surface area contributed by atoms with Crippen LogP contribution in [0.2, 0.25) is 0 Å². The average Bonchev–Trinajstić information content (AvgIpc) is 2.96. The highest BCUT2D eigenvalue weighted by atomic mass is 15.3. The molecule has 7 nitrogen and oxygen atoms in total. The molecular formula is C13H19N7. The van der Waals surface area contributed by atoms with Crippen molar-refractivity contribution in [3.63, 3.8) is 0 Å². The maximum atomic E-state index is 6.04. The number of rotatable bonds is 3. The molecule has 106 valence electrons. The molecule has 3 heterocycles. The topological polar surface area (TPSA) is 77.3 Å². The predicted octanol–water partition coefficient (Wildman–Crippen LogP) is -0.854. The predicted molar refractivity (Wildman–Crippen MR) is 75.6 cm³/mol. The van der Waals surface area contributed by atoms with Crippen LogP contribution in [0.15, 0.2) is 17.4 Å². The first-order valence-corrected chi connectivity index (χ1v) is 6.73. The summed E-state index contributed by atoms with van der Waals surface area (Å²) in [6.45, 7) is 3.01. The maximum Gasteiger partial charge on any atom is 0.178 e. The number of hydrogen-bond donors (Lipinski definition) is 1. The summed E-state index contributed by atoms with van der Waals surface area (Å²) < 4.78 is 3.80. The minimum absolute atomic E-state index is 0.348. The van der Waals surface area contributed by atoms with Crippen LogP contribution in [0.25, 0.3) is 17.6 Å². The molecule has 1 aliphatic rings. The molecule has 0 saturated carbocycles. The lowest BCUT2D eigenvalue weighted by molar-refractivity contribution is 0.305. The van der Waals surface area contributed by atoms with Crippen molar-refractivity contribution in [2.24, 2.45) is 24.8 Å². The number of nitrogens with zero attached hydrogens (tertiary/aromatic N) is 6. The third-order valence-corrected chi connectivity index (χ3v) is 3.45. The van der Waals surface area contributed by atoms with E-state index in [9.17, 15) is 0 Å². The first kappa shape index (κ1) is 12.9. The summed E-state index contributed by atoms with van der Waals surface area (Å²) in [5.74, 6) is 0.855. The fourth-order valence-electron chi connectivity index (χ4n) is 2.42. The highest BCUT2D eigenvalue weighted by Crippen LogP contribution is 2.12. The number of nitrogens with two attached hydrogens (primary N) is 1. The molecule has 0 fully saturated rings. The van der Waals surface area contributed by atoms with Crippen LogP contribution in [-0.2, 0) is 14.1 Å². The summed E-state index contributed by atoms with van der Waals surface area (Å²) in [6.07, 6.45) is 6.47. The van der Waals surface area contributed by atoms with Gasteiger partial charge in [-0.15, -0.1) is 0 Å². The van der Waals surface area contributed by atoms with Crippen LogP contribution in [0, 0.1) is 0 Å². The van der Waals surface area contributed by atoms with Crippen molar-refractivity contribution in [2.75, 3.05) is 6.54 Å². The highest BCUT2D eigenvalue weighted by molar-refractivity contribution is 5.53. The van der Waals surface area contributed by atoms with Gasteiger partial charge in [0.25, 0.3) is 0 Å². The fraction of sp³-hybridized carbons (Fsp3) is 0.462. The second-order valence-electron chi connectivity index (χ2n) is 5.02. The number of aromatic nitrogens is 4. The van der Waals surface area contributed by atoms with Crippen molar-refractivity contribution in [2.45, 2.75) is 19.6 Å². The molecule has 1 aliphatic heterocycles. The Kier molecular flexibility index (Phi) is 3.06. The van der Waals surface area contributed by atoms with E-state index in [1.807, 2.05) is 36.0 Å². The Labute approximate surface area is 117 Å². The zero-order valence-corrected chi connectivity index (χ0v) is 12.0. The molecule has 0 aliphatic carbocycles. The SMILES string of the molecule is CCCN1C=c2c(nc(-c3cnn(C)c3)n2C)=NC1N. The molecule has 2 N–H and O–H groups in total. The summed E-state index contributed by atoms with van der Waals surface area (Å²) >= 11 is 0. The highest BCUT2D eigenvalue weighted by Gasteiger charge is 2.17. The van der Waals surface area contributed by atoms with E-state index in [2.05, 4.69) is 22.0 Å².